The van der Waals surface area contributed by atoms with Gasteiger partial charge >= 0.3 is 0 Å². The highest BCUT2D eigenvalue weighted by Gasteiger charge is 2.67. The lowest BCUT2D eigenvalue weighted by atomic mass is 9.98. The minimum atomic E-state index is -2.27. The lowest BCUT2D eigenvalue weighted by Crippen LogP contribution is -2.76. The Kier molecular flexibility index (Phi) is 2.41. The maximum Gasteiger partial charge on any atom is 0.295 e. The zero-order valence-corrected chi connectivity index (χ0v) is 10.3. The van der Waals surface area contributed by atoms with Gasteiger partial charge in [-0.05, 0) is 20.8 Å². The number of hydrogen-bond acceptors (Lipinski definition) is 7. The van der Waals surface area contributed by atoms with Gasteiger partial charge in [0, 0.05) is 5.54 Å². The summed E-state index contributed by atoms with van der Waals surface area (Å²) < 4.78 is 0. The van der Waals surface area contributed by atoms with E-state index in [1.807, 2.05) is 0 Å². The van der Waals surface area contributed by atoms with Crippen LogP contribution in [0.3, 0.4) is 0 Å². The predicted octanol–water partition coefficient (Wildman–Crippen LogP) is -2.15. The summed E-state index contributed by atoms with van der Waals surface area (Å²) in [7, 11) is 0. The Morgan fingerprint density at radius 3 is 2.67 bits per heavy atom. The molecule has 2 heterocycles. The smallest absolute Gasteiger partial charge is 0.295 e. The van der Waals surface area contributed by atoms with E-state index in [2.05, 4.69) is 20.6 Å². The van der Waals surface area contributed by atoms with Gasteiger partial charge in [0.05, 0.1) is 6.34 Å². The number of hydroxylamine groups is 2. The van der Waals surface area contributed by atoms with Crippen molar-refractivity contribution in [1.29, 1.82) is 0 Å². The summed E-state index contributed by atoms with van der Waals surface area (Å²) in [4.78, 5) is 19.5. The highest BCUT2D eigenvalue weighted by Crippen LogP contribution is 2.38. The van der Waals surface area contributed by atoms with Crippen LogP contribution in [0.2, 0.25) is 0 Å². The van der Waals surface area contributed by atoms with Gasteiger partial charge in [0.1, 0.15) is 0 Å². The average molecular weight is 255 g/mol. The number of aliphatic hydroxyl groups is 1. The first-order valence-corrected chi connectivity index (χ1v) is 5.31. The molecule has 0 fully saturated rings. The van der Waals surface area contributed by atoms with Gasteiger partial charge in [0.15, 0.2) is 5.96 Å². The summed E-state index contributed by atoms with van der Waals surface area (Å²) >= 11 is 0. The van der Waals surface area contributed by atoms with Crippen molar-refractivity contribution in [2.24, 2.45) is 15.7 Å². The Bertz CT molecular complexity index is 456. The molecule has 0 aromatic carbocycles. The van der Waals surface area contributed by atoms with E-state index < -0.39 is 23.0 Å². The van der Waals surface area contributed by atoms with Gasteiger partial charge in [-0.2, -0.15) is 4.99 Å². The standard InChI is InChI=1S/C9H15N6O3/c1-7(2,3)15(18)9-8(17,11-4-12-9)5(16)13-6(10)14-9/h4,17H,1-3H3,(H,11,12)(H3,10,13,14,16). The fraction of sp³-hybridized carbons (Fsp3) is 0.667. The third-order valence-corrected chi connectivity index (χ3v) is 2.74. The van der Waals surface area contributed by atoms with E-state index in [0.29, 0.717) is 5.06 Å². The first-order valence-electron chi connectivity index (χ1n) is 5.31. The molecule has 0 saturated heterocycles. The second-order valence-corrected chi connectivity index (χ2v) is 5.16. The van der Waals surface area contributed by atoms with Crippen LogP contribution >= 0.6 is 0 Å². The summed E-state index contributed by atoms with van der Waals surface area (Å²) in [6, 6.07) is 0. The maximum absolute atomic E-state index is 12.4. The van der Waals surface area contributed by atoms with Crippen molar-refractivity contribution >= 4 is 18.2 Å². The molecule has 0 bridgehead atoms. The van der Waals surface area contributed by atoms with Crippen molar-refractivity contribution in [2.45, 2.75) is 37.8 Å². The highest BCUT2D eigenvalue weighted by atomic mass is 16.5. The zero-order valence-electron chi connectivity index (χ0n) is 10.3. The van der Waals surface area contributed by atoms with Gasteiger partial charge in [0.25, 0.3) is 17.4 Å². The molecular formula is C9H15N6O3. The normalized spacial score (nSPS) is 35.0. The second-order valence-electron chi connectivity index (χ2n) is 5.16. The highest BCUT2D eigenvalue weighted by molar-refractivity contribution is 6.04. The fourth-order valence-corrected chi connectivity index (χ4v) is 1.85. The quantitative estimate of drug-likeness (QED) is 0.396. The average Bonchev–Trinajstić information content (AvgIpc) is 2.55. The molecule has 0 saturated carbocycles. The number of aliphatic imine (C=N–C) groups is 2. The van der Waals surface area contributed by atoms with E-state index in [1.165, 1.54) is 0 Å². The van der Waals surface area contributed by atoms with Crippen LogP contribution in [0.25, 0.3) is 0 Å². The summed E-state index contributed by atoms with van der Waals surface area (Å²) in [6.45, 7) is 4.84. The summed E-state index contributed by atoms with van der Waals surface area (Å²) in [5, 5.41) is 27.7. The van der Waals surface area contributed by atoms with E-state index in [4.69, 9.17) is 5.73 Å². The summed E-state index contributed by atoms with van der Waals surface area (Å²) in [5.74, 6) is -3.19. The van der Waals surface area contributed by atoms with Gasteiger partial charge in [-0.25, -0.2) is 4.99 Å². The largest absolute Gasteiger partial charge is 0.370 e. The molecule has 2 aliphatic heterocycles. The van der Waals surface area contributed by atoms with Gasteiger partial charge in [-0.15, -0.1) is 5.21 Å². The molecule has 2 unspecified atom stereocenters. The fourth-order valence-electron chi connectivity index (χ4n) is 1.85. The molecule has 2 rings (SSSR count). The van der Waals surface area contributed by atoms with Gasteiger partial charge in [-0.1, -0.05) is 5.06 Å². The topological polar surface area (TPSA) is 135 Å². The monoisotopic (exact) mass is 255 g/mol. The molecule has 99 valence electrons. The van der Waals surface area contributed by atoms with Crippen molar-refractivity contribution < 1.29 is 15.1 Å². The molecule has 1 amide bonds. The molecule has 0 spiro atoms. The van der Waals surface area contributed by atoms with Crippen LogP contribution in [-0.2, 0) is 10.0 Å². The lowest BCUT2D eigenvalue weighted by Gasteiger charge is -2.45. The Morgan fingerprint density at radius 2 is 2.11 bits per heavy atom. The van der Waals surface area contributed by atoms with E-state index in [0.717, 1.165) is 6.34 Å². The third kappa shape index (κ3) is 1.41. The molecule has 2 atom stereocenters. The molecule has 0 aromatic heterocycles. The van der Waals surface area contributed by atoms with E-state index >= 15 is 0 Å². The van der Waals surface area contributed by atoms with Gasteiger partial charge in [-0.3, -0.25) is 10.1 Å². The van der Waals surface area contributed by atoms with Crippen LogP contribution in [0.5, 0.6) is 0 Å². The van der Waals surface area contributed by atoms with Crippen LogP contribution in [-0.4, -0.2) is 45.4 Å². The van der Waals surface area contributed by atoms with Crippen LogP contribution in [0.4, 0.5) is 0 Å². The number of amides is 1. The van der Waals surface area contributed by atoms with Crippen molar-refractivity contribution in [3.8, 4) is 0 Å². The first kappa shape index (κ1) is 12.7. The molecule has 0 aromatic rings. The van der Waals surface area contributed by atoms with Crippen LogP contribution < -0.4 is 16.4 Å². The Balaban J connectivity index is 2.60. The van der Waals surface area contributed by atoms with E-state index in [-0.39, 0.29) is 5.96 Å². The molecule has 18 heavy (non-hydrogen) atoms. The Morgan fingerprint density at radius 1 is 1.50 bits per heavy atom. The SMILES string of the molecule is CC(C)(C)N([O])C12N=CNC1(O)C(=O)NC(N)=N2. The third-order valence-electron chi connectivity index (χ3n) is 2.74. The summed E-state index contributed by atoms with van der Waals surface area (Å²) in [5.41, 5.74) is 2.24. The van der Waals surface area contributed by atoms with Crippen molar-refractivity contribution in [2.75, 3.05) is 0 Å². The first-order chi connectivity index (χ1) is 8.13. The number of rotatable bonds is 1. The van der Waals surface area contributed by atoms with Crippen molar-refractivity contribution in [3.05, 3.63) is 0 Å². The molecular weight excluding hydrogens is 240 g/mol. The number of carbonyl (C=O) groups is 1. The number of fused-ring (bicyclic) bond motifs is 1. The number of hydrogen-bond donors (Lipinski definition) is 4. The predicted molar refractivity (Wildman–Crippen MR) is 61.4 cm³/mol. The molecule has 0 aliphatic carbocycles. The van der Waals surface area contributed by atoms with Gasteiger partial charge in [0.2, 0.25) is 0 Å². The minimum Gasteiger partial charge on any atom is -0.370 e. The number of nitrogens with zero attached hydrogens (tertiary/aromatic N) is 3. The molecule has 1 radical (unpaired) electrons. The number of guanidine groups is 1. The van der Waals surface area contributed by atoms with Crippen LogP contribution in [0.15, 0.2) is 9.98 Å². The Labute approximate surface area is 103 Å². The van der Waals surface area contributed by atoms with Gasteiger partial charge < -0.3 is 16.2 Å². The van der Waals surface area contributed by atoms with Crippen molar-refractivity contribution in [1.82, 2.24) is 15.7 Å². The van der Waals surface area contributed by atoms with Crippen molar-refractivity contribution in [3.63, 3.8) is 0 Å². The molecule has 2 aliphatic rings. The number of carbonyl (C=O) groups excluding carboxylic acids is 1. The lowest BCUT2D eigenvalue weighted by molar-refractivity contribution is -0.305. The van der Waals surface area contributed by atoms with Crippen LogP contribution in [0.1, 0.15) is 20.8 Å². The van der Waals surface area contributed by atoms with Crippen LogP contribution in [0, 0.1) is 0 Å². The molecule has 9 heteroatoms. The van der Waals surface area contributed by atoms with E-state index in [9.17, 15) is 15.1 Å². The molecule has 5 N–H and O–H groups in total. The number of nitrogens with two attached hydrogens (primary N) is 1. The Hall–Kier alpha value is -1.71. The number of nitrogens with one attached hydrogen (secondary N) is 2. The summed E-state index contributed by atoms with van der Waals surface area (Å²) in [6.07, 6.45) is 1.07. The van der Waals surface area contributed by atoms with E-state index in [1.54, 1.807) is 20.8 Å². The second kappa shape index (κ2) is 3.40. The molecule has 9 nitrogen and oxygen atoms in total. The zero-order chi connectivity index (χ0) is 13.8. The minimum absolute atomic E-state index is 0.268. The maximum atomic E-state index is 12.4.